The van der Waals surface area contributed by atoms with Crippen LogP contribution in [-0.4, -0.2) is 36.8 Å². The van der Waals surface area contributed by atoms with Gasteiger partial charge in [-0.1, -0.05) is 12.1 Å². The summed E-state index contributed by atoms with van der Waals surface area (Å²) in [6, 6.07) is 6.99. The van der Waals surface area contributed by atoms with E-state index in [1.165, 1.54) is 34.8 Å². The summed E-state index contributed by atoms with van der Waals surface area (Å²) >= 11 is 0. The molecule has 1 aliphatic rings. The monoisotopic (exact) mass is 352 g/mol. The van der Waals surface area contributed by atoms with Crippen LogP contribution in [0.15, 0.2) is 41.4 Å². The van der Waals surface area contributed by atoms with Gasteiger partial charge in [0, 0.05) is 19.3 Å². The van der Waals surface area contributed by atoms with Gasteiger partial charge in [-0.25, -0.2) is 17.6 Å². The van der Waals surface area contributed by atoms with Crippen molar-refractivity contribution in [1.29, 1.82) is 0 Å². The maximum absolute atomic E-state index is 13.1. The summed E-state index contributed by atoms with van der Waals surface area (Å²) in [4.78, 5) is 14.7. The lowest BCUT2D eigenvalue weighted by Gasteiger charge is -2.13. The molecule has 1 saturated heterocycles. The average Bonchev–Trinajstić information content (AvgIpc) is 3.24. The van der Waals surface area contributed by atoms with E-state index in [2.05, 4.69) is 4.98 Å². The molecule has 128 valence electrons. The normalized spacial score (nSPS) is 15.5. The van der Waals surface area contributed by atoms with Crippen LogP contribution in [0.25, 0.3) is 0 Å². The quantitative estimate of drug-likeness (QED) is 0.838. The van der Waals surface area contributed by atoms with Crippen molar-refractivity contribution in [2.45, 2.75) is 24.3 Å². The first-order valence-corrected chi connectivity index (χ1v) is 9.01. The van der Waals surface area contributed by atoms with Gasteiger partial charge in [-0.2, -0.15) is 4.31 Å². The van der Waals surface area contributed by atoms with Gasteiger partial charge < -0.3 is 9.72 Å². The molecule has 6 nitrogen and oxygen atoms in total. The first kappa shape index (κ1) is 16.7. The van der Waals surface area contributed by atoms with Crippen molar-refractivity contribution < 1.29 is 22.3 Å². The van der Waals surface area contributed by atoms with Gasteiger partial charge in [0.2, 0.25) is 10.0 Å². The molecule has 24 heavy (non-hydrogen) atoms. The zero-order valence-electron chi connectivity index (χ0n) is 12.9. The van der Waals surface area contributed by atoms with Crippen LogP contribution >= 0.6 is 0 Å². The van der Waals surface area contributed by atoms with Crippen molar-refractivity contribution in [3.8, 4) is 0 Å². The highest BCUT2D eigenvalue weighted by Gasteiger charge is 2.28. The molecule has 3 rings (SSSR count). The highest BCUT2D eigenvalue weighted by atomic mass is 32.2. The van der Waals surface area contributed by atoms with Gasteiger partial charge in [-0.15, -0.1) is 0 Å². The molecule has 0 amide bonds. The average molecular weight is 352 g/mol. The van der Waals surface area contributed by atoms with E-state index in [9.17, 15) is 17.6 Å². The van der Waals surface area contributed by atoms with Crippen LogP contribution in [-0.2, 0) is 21.4 Å². The molecule has 1 aromatic heterocycles. The largest absolute Gasteiger partial charge is 0.456 e. The molecule has 0 atom stereocenters. The lowest BCUT2D eigenvalue weighted by Crippen LogP contribution is -2.27. The molecular weight excluding hydrogens is 335 g/mol. The minimum Gasteiger partial charge on any atom is -0.456 e. The molecule has 2 heterocycles. The Labute approximate surface area is 139 Å². The third kappa shape index (κ3) is 3.49. The molecule has 0 saturated carbocycles. The molecule has 0 spiro atoms. The topological polar surface area (TPSA) is 79.5 Å². The van der Waals surface area contributed by atoms with Gasteiger partial charge in [-0.3, -0.25) is 0 Å². The number of carbonyl (C=O) groups excluding carboxylic acids is 1. The predicted octanol–water partition coefficient (Wildman–Crippen LogP) is 2.30. The number of hydrogen-bond acceptors (Lipinski definition) is 4. The Morgan fingerprint density at radius 1 is 1.25 bits per heavy atom. The fourth-order valence-corrected chi connectivity index (χ4v) is 4.08. The summed E-state index contributed by atoms with van der Waals surface area (Å²) in [5.41, 5.74) is 0.559. The highest BCUT2D eigenvalue weighted by Crippen LogP contribution is 2.21. The first-order chi connectivity index (χ1) is 11.5. The molecular formula is C16H17FN2O4S. The highest BCUT2D eigenvalue weighted by molar-refractivity contribution is 7.89. The van der Waals surface area contributed by atoms with Gasteiger partial charge in [0.25, 0.3) is 0 Å². The first-order valence-electron chi connectivity index (χ1n) is 7.57. The third-order valence-electron chi connectivity index (χ3n) is 3.84. The second kappa shape index (κ2) is 6.74. The van der Waals surface area contributed by atoms with E-state index in [-0.39, 0.29) is 17.2 Å². The number of halogens is 1. The molecule has 1 N–H and O–H groups in total. The summed E-state index contributed by atoms with van der Waals surface area (Å²) in [6.07, 6.45) is 2.96. The summed E-state index contributed by atoms with van der Waals surface area (Å²) in [5.74, 6) is -1.11. The molecule has 0 unspecified atom stereocenters. The zero-order valence-corrected chi connectivity index (χ0v) is 13.7. The molecule has 1 fully saturated rings. The molecule has 8 heteroatoms. The van der Waals surface area contributed by atoms with Crippen LogP contribution in [0.5, 0.6) is 0 Å². The van der Waals surface area contributed by atoms with Crippen molar-refractivity contribution in [3.63, 3.8) is 0 Å². The minimum atomic E-state index is -3.58. The van der Waals surface area contributed by atoms with Crippen LogP contribution in [0.4, 0.5) is 4.39 Å². The molecule has 0 aliphatic carbocycles. The van der Waals surface area contributed by atoms with E-state index >= 15 is 0 Å². The molecule has 1 aliphatic heterocycles. The van der Waals surface area contributed by atoms with Gasteiger partial charge in [-0.05, 0) is 36.6 Å². The minimum absolute atomic E-state index is 0.0436. The predicted molar refractivity (Wildman–Crippen MR) is 84.3 cm³/mol. The standard InChI is InChI=1S/C16H17FN2O4S/c17-13-5-3-4-12(8-13)11-23-16(20)15-9-14(10-18-15)24(21,22)19-6-1-2-7-19/h3-5,8-10,18H,1-2,6-7,11H2. The lowest BCUT2D eigenvalue weighted by atomic mass is 10.2. The number of hydrogen-bond donors (Lipinski definition) is 1. The van der Waals surface area contributed by atoms with Gasteiger partial charge >= 0.3 is 5.97 Å². The number of nitrogens with one attached hydrogen (secondary N) is 1. The summed E-state index contributed by atoms with van der Waals surface area (Å²) < 4.78 is 44.4. The van der Waals surface area contributed by atoms with Crippen molar-refractivity contribution >= 4 is 16.0 Å². The van der Waals surface area contributed by atoms with E-state index in [0.717, 1.165) is 12.8 Å². The van der Waals surface area contributed by atoms with Crippen LogP contribution < -0.4 is 0 Å². The van der Waals surface area contributed by atoms with E-state index in [4.69, 9.17) is 4.74 Å². The number of carbonyl (C=O) groups is 1. The van der Waals surface area contributed by atoms with Crippen LogP contribution in [0.3, 0.4) is 0 Å². The second-order valence-corrected chi connectivity index (χ2v) is 7.50. The van der Waals surface area contributed by atoms with E-state index in [0.29, 0.717) is 18.7 Å². The Morgan fingerprint density at radius 2 is 2.00 bits per heavy atom. The van der Waals surface area contributed by atoms with Gasteiger partial charge in [0.15, 0.2) is 0 Å². The Kier molecular flexibility index (Phi) is 4.68. The maximum atomic E-state index is 13.1. The van der Waals surface area contributed by atoms with Crippen molar-refractivity contribution in [3.05, 3.63) is 53.6 Å². The number of H-pyrrole nitrogens is 1. The zero-order chi connectivity index (χ0) is 17.2. The number of rotatable bonds is 5. The molecule has 1 aromatic carbocycles. The Hall–Kier alpha value is -2.19. The van der Waals surface area contributed by atoms with Gasteiger partial charge in [0.05, 0.1) is 0 Å². The molecule has 0 radical (unpaired) electrons. The van der Waals surface area contributed by atoms with Crippen LogP contribution in [0.1, 0.15) is 28.9 Å². The van der Waals surface area contributed by atoms with Crippen LogP contribution in [0.2, 0.25) is 0 Å². The number of benzene rings is 1. The number of nitrogens with zero attached hydrogens (tertiary/aromatic N) is 1. The third-order valence-corrected chi connectivity index (χ3v) is 5.71. The number of esters is 1. The summed E-state index contributed by atoms with van der Waals surface area (Å²) in [7, 11) is -3.58. The summed E-state index contributed by atoms with van der Waals surface area (Å²) in [5, 5.41) is 0. The maximum Gasteiger partial charge on any atom is 0.355 e. The van der Waals surface area contributed by atoms with E-state index < -0.39 is 21.8 Å². The number of sulfonamides is 1. The fraction of sp³-hybridized carbons (Fsp3) is 0.312. The Morgan fingerprint density at radius 3 is 2.71 bits per heavy atom. The summed E-state index contributed by atoms with van der Waals surface area (Å²) in [6.45, 7) is 0.892. The van der Waals surface area contributed by atoms with E-state index in [1.54, 1.807) is 6.07 Å². The number of ether oxygens (including phenoxy) is 1. The Balaban J connectivity index is 1.67. The molecule has 0 bridgehead atoms. The SMILES string of the molecule is O=C(OCc1cccc(F)c1)c1cc(S(=O)(=O)N2CCCC2)c[nH]1. The number of aromatic nitrogens is 1. The number of aromatic amines is 1. The molecule has 2 aromatic rings. The Bertz CT molecular complexity index is 841. The fourth-order valence-electron chi connectivity index (χ4n) is 2.57. The van der Waals surface area contributed by atoms with Gasteiger partial charge in [0.1, 0.15) is 23.0 Å². The van der Waals surface area contributed by atoms with Crippen molar-refractivity contribution in [2.24, 2.45) is 0 Å². The van der Waals surface area contributed by atoms with Crippen molar-refractivity contribution in [2.75, 3.05) is 13.1 Å². The van der Waals surface area contributed by atoms with E-state index in [1.807, 2.05) is 0 Å². The lowest BCUT2D eigenvalue weighted by molar-refractivity contribution is 0.0466. The second-order valence-electron chi connectivity index (χ2n) is 5.57. The van der Waals surface area contributed by atoms with Crippen LogP contribution in [0, 0.1) is 5.82 Å². The van der Waals surface area contributed by atoms with Crippen molar-refractivity contribution in [1.82, 2.24) is 9.29 Å². The smallest absolute Gasteiger partial charge is 0.355 e.